The number of halogens is 1. The fourth-order valence-electron chi connectivity index (χ4n) is 4.37. The Morgan fingerprint density at radius 2 is 1.97 bits per heavy atom. The Hall–Kier alpha value is -3.14. The molecule has 0 saturated carbocycles. The van der Waals surface area contributed by atoms with Crippen molar-refractivity contribution < 1.29 is 28.8 Å². The molecule has 1 saturated heterocycles. The molecule has 0 aliphatic carbocycles. The topological polar surface area (TPSA) is 89.2 Å². The van der Waals surface area contributed by atoms with Gasteiger partial charge in [0.2, 0.25) is 0 Å². The molecule has 2 atom stereocenters. The van der Waals surface area contributed by atoms with E-state index < -0.39 is 11.7 Å². The SMILES string of the molecule is COc1ccc(CN2CC[C@H](O)[C@@](O)(COc3ccc(F)c(C)c3)C2)cc1OCCn1cc(C)cn1. The van der Waals surface area contributed by atoms with Gasteiger partial charge < -0.3 is 24.4 Å². The summed E-state index contributed by atoms with van der Waals surface area (Å²) >= 11 is 0. The number of aliphatic hydroxyl groups is 2. The normalized spacial score (nSPS) is 20.3. The standard InChI is InChI=1S/C27H34FN3O5/c1-19-14-29-31(15-19)10-11-35-25-13-21(4-7-24(25)34-3)16-30-9-8-26(32)27(33,17-30)18-36-22-5-6-23(28)20(2)12-22/h4-7,12-15,26,32-33H,8-11,16-18H2,1-3H3/t26-,27-/m0/s1. The molecule has 1 aliphatic rings. The average molecular weight is 500 g/mol. The molecule has 2 aromatic carbocycles. The highest BCUT2D eigenvalue weighted by molar-refractivity contribution is 5.43. The lowest BCUT2D eigenvalue weighted by molar-refractivity contribution is -0.140. The molecule has 9 heteroatoms. The van der Waals surface area contributed by atoms with Crippen molar-refractivity contribution in [2.75, 3.05) is 33.4 Å². The van der Waals surface area contributed by atoms with E-state index in [9.17, 15) is 14.6 Å². The van der Waals surface area contributed by atoms with Crippen molar-refractivity contribution in [2.24, 2.45) is 0 Å². The van der Waals surface area contributed by atoms with Crippen LogP contribution in [0.3, 0.4) is 0 Å². The number of hydrogen-bond acceptors (Lipinski definition) is 7. The van der Waals surface area contributed by atoms with Crippen LogP contribution in [0.4, 0.5) is 4.39 Å². The van der Waals surface area contributed by atoms with E-state index in [4.69, 9.17) is 14.2 Å². The number of β-amino-alcohol motifs (C(OH)–C–C–N with tert-alkyl or cyclic N) is 1. The fraction of sp³-hybridized carbons (Fsp3) is 0.444. The minimum atomic E-state index is -1.45. The van der Waals surface area contributed by atoms with Gasteiger partial charge in [0.05, 0.1) is 26.0 Å². The van der Waals surface area contributed by atoms with Crippen LogP contribution < -0.4 is 14.2 Å². The lowest BCUT2D eigenvalue weighted by Crippen LogP contribution is -2.59. The molecule has 2 N–H and O–H groups in total. The summed E-state index contributed by atoms with van der Waals surface area (Å²) in [7, 11) is 1.60. The first-order valence-electron chi connectivity index (χ1n) is 12.1. The summed E-state index contributed by atoms with van der Waals surface area (Å²) in [6.45, 7) is 6.02. The molecule has 1 aliphatic heterocycles. The third-order valence-electron chi connectivity index (χ3n) is 6.43. The van der Waals surface area contributed by atoms with Gasteiger partial charge in [-0.05, 0) is 67.3 Å². The van der Waals surface area contributed by atoms with Gasteiger partial charge in [-0.2, -0.15) is 5.10 Å². The Morgan fingerprint density at radius 1 is 1.14 bits per heavy atom. The number of methoxy groups -OCH3 is 1. The Morgan fingerprint density at radius 3 is 2.69 bits per heavy atom. The molecule has 0 amide bonds. The number of aliphatic hydroxyl groups excluding tert-OH is 1. The molecular weight excluding hydrogens is 465 g/mol. The van der Waals surface area contributed by atoms with Crippen LogP contribution in [0.2, 0.25) is 0 Å². The van der Waals surface area contributed by atoms with E-state index in [1.807, 2.05) is 42.2 Å². The summed E-state index contributed by atoms with van der Waals surface area (Å²) in [6.07, 6.45) is 3.26. The van der Waals surface area contributed by atoms with Crippen LogP contribution in [0.25, 0.3) is 0 Å². The molecule has 0 unspecified atom stereocenters. The first-order valence-corrected chi connectivity index (χ1v) is 12.1. The highest BCUT2D eigenvalue weighted by Crippen LogP contribution is 2.30. The van der Waals surface area contributed by atoms with Gasteiger partial charge in [0.25, 0.3) is 0 Å². The van der Waals surface area contributed by atoms with Crippen molar-refractivity contribution >= 4 is 0 Å². The van der Waals surface area contributed by atoms with Gasteiger partial charge in [-0.3, -0.25) is 9.58 Å². The van der Waals surface area contributed by atoms with Crippen LogP contribution in [0.15, 0.2) is 48.8 Å². The van der Waals surface area contributed by atoms with Gasteiger partial charge in [0, 0.05) is 25.8 Å². The predicted molar refractivity (Wildman–Crippen MR) is 133 cm³/mol. The number of ether oxygens (including phenoxy) is 3. The van der Waals surface area contributed by atoms with E-state index in [0.717, 1.165) is 11.1 Å². The zero-order valence-corrected chi connectivity index (χ0v) is 21.0. The van der Waals surface area contributed by atoms with Crippen LogP contribution in [-0.2, 0) is 13.1 Å². The monoisotopic (exact) mass is 499 g/mol. The van der Waals surface area contributed by atoms with Gasteiger partial charge in [0.15, 0.2) is 11.5 Å². The second kappa shape index (κ2) is 11.3. The number of nitrogens with zero attached hydrogens (tertiary/aromatic N) is 3. The highest BCUT2D eigenvalue weighted by atomic mass is 19.1. The van der Waals surface area contributed by atoms with Crippen LogP contribution in [-0.4, -0.2) is 70.0 Å². The third kappa shape index (κ3) is 6.34. The molecule has 4 rings (SSSR count). The van der Waals surface area contributed by atoms with Crippen LogP contribution in [0, 0.1) is 19.7 Å². The summed E-state index contributed by atoms with van der Waals surface area (Å²) in [4.78, 5) is 2.07. The molecule has 8 nitrogen and oxygen atoms in total. The molecule has 1 fully saturated rings. The minimum absolute atomic E-state index is 0.0976. The first kappa shape index (κ1) is 25.9. The molecule has 1 aromatic heterocycles. The van der Waals surface area contributed by atoms with E-state index in [2.05, 4.69) is 10.00 Å². The van der Waals surface area contributed by atoms with Gasteiger partial charge in [-0.1, -0.05) is 6.07 Å². The summed E-state index contributed by atoms with van der Waals surface area (Å²) < 4.78 is 32.6. The molecule has 194 valence electrons. The quantitative estimate of drug-likeness (QED) is 0.443. The van der Waals surface area contributed by atoms with Gasteiger partial charge >= 0.3 is 0 Å². The van der Waals surface area contributed by atoms with E-state index >= 15 is 0 Å². The van der Waals surface area contributed by atoms with Crippen molar-refractivity contribution in [3.05, 3.63) is 71.3 Å². The Labute approximate surface area is 210 Å². The van der Waals surface area contributed by atoms with Crippen LogP contribution in [0.1, 0.15) is 23.1 Å². The van der Waals surface area contributed by atoms with Gasteiger partial charge in [-0.25, -0.2) is 4.39 Å². The van der Waals surface area contributed by atoms with Crippen molar-refractivity contribution in [1.82, 2.24) is 14.7 Å². The second-order valence-electron chi connectivity index (χ2n) is 9.43. The van der Waals surface area contributed by atoms with Crippen molar-refractivity contribution in [2.45, 2.75) is 45.1 Å². The molecule has 36 heavy (non-hydrogen) atoms. The van der Waals surface area contributed by atoms with E-state index in [0.29, 0.717) is 55.5 Å². The molecule has 0 radical (unpaired) electrons. The molecule has 2 heterocycles. The first-order chi connectivity index (χ1) is 17.3. The minimum Gasteiger partial charge on any atom is -0.493 e. The predicted octanol–water partition coefficient (Wildman–Crippen LogP) is 3.10. The van der Waals surface area contributed by atoms with E-state index in [-0.39, 0.29) is 19.0 Å². The fourth-order valence-corrected chi connectivity index (χ4v) is 4.37. The molecular formula is C27H34FN3O5. The number of hydrogen-bond donors (Lipinski definition) is 2. The van der Waals surface area contributed by atoms with E-state index in [1.165, 1.54) is 12.1 Å². The number of benzene rings is 2. The van der Waals surface area contributed by atoms with Crippen LogP contribution >= 0.6 is 0 Å². The Bertz CT molecular complexity index is 1170. The number of aromatic nitrogens is 2. The van der Waals surface area contributed by atoms with Crippen molar-refractivity contribution in [1.29, 1.82) is 0 Å². The maximum absolute atomic E-state index is 13.5. The highest BCUT2D eigenvalue weighted by Gasteiger charge is 2.42. The van der Waals surface area contributed by atoms with E-state index in [1.54, 1.807) is 20.1 Å². The smallest absolute Gasteiger partial charge is 0.161 e. The van der Waals surface area contributed by atoms with Gasteiger partial charge in [-0.15, -0.1) is 0 Å². The number of aryl methyl sites for hydroxylation is 2. The maximum atomic E-state index is 13.5. The van der Waals surface area contributed by atoms with Gasteiger partial charge in [0.1, 0.15) is 30.4 Å². The largest absolute Gasteiger partial charge is 0.493 e. The van der Waals surface area contributed by atoms with Crippen molar-refractivity contribution in [3.8, 4) is 17.2 Å². The molecule has 3 aromatic rings. The second-order valence-corrected chi connectivity index (χ2v) is 9.43. The van der Waals surface area contributed by atoms with Crippen LogP contribution in [0.5, 0.6) is 17.2 Å². The number of likely N-dealkylation sites (tertiary alicyclic amines) is 1. The summed E-state index contributed by atoms with van der Waals surface area (Å²) in [5.41, 5.74) is 1.10. The number of rotatable bonds is 10. The van der Waals surface area contributed by atoms with Crippen molar-refractivity contribution in [3.63, 3.8) is 0 Å². The lowest BCUT2D eigenvalue weighted by Gasteiger charge is -2.42. The zero-order valence-electron chi connectivity index (χ0n) is 21.0. The summed E-state index contributed by atoms with van der Waals surface area (Å²) in [5.74, 6) is 1.42. The Balaban J connectivity index is 1.37. The lowest BCUT2D eigenvalue weighted by atomic mass is 9.90. The third-order valence-corrected chi connectivity index (χ3v) is 6.43. The molecule has 0 spiro atoms. The summed E-state index contributed by atoms with van der Waals surface area (Å²) in [5, 5.41) is 26.0. The molecule has 0 bridgehead atoms. The average Bonchev–Trinajstić information content (AvgIpc) is 3.27. The summed E-state index contributed by atoms with van der Waals surface area (Å²) in [6, 6.07) is 10.2. The maximum Gasteiger partial charge on any atom is 0.161 e. The zero-order chi connectivity index (χ0) is 25.7. The Kier molecular flexibility index (Phi) is 8.13. The number of piperidine rings is 1.